The summed E-state index contributed by atoms with van der Waals surface area (Å²) in [7, 11) is 0. The molecular formula is C17H25N. The molecule has 1 aromatic carbocycles. The van der Waals surface area contributed by atoms with E-state index in [1.807, 2.05) is 6.07 Å². The van der Waals surface area contributed by atoms with Gasteiger partial charge in [-0.1, -0.05) is 44.7 Å². The molecule has 1 aromatic rings. The minimum absolute atomic E-state index is 0.898. The van der Waals surface area contributed by atoms with Gasteiger partial charge in [-0.3, -0.25) is 0 Å². The summed E-state index contributed by atoms with van der Waals surface area (Å²) in [5.74, 6) is 0. The van der Waals surface area contributed by atoms with Crippen LogP contribution in [0, 0.1) is 0 Å². The molecule has 0 radical (unpaired) electrons. The minimum atomic E-state index is 0.898. The number of benzene rings is 1. The SMILES string of the molecule is CCCCCCC/C=C1/CCc2cc(N)ccc21. The van der Waals surface area contributed by atoms with Gasteiger partial charge >= 0.3 is 0 Å². The van der Waals surface area contributed by atoms with Gasteiger partial charge in [0.25, 0.3) is 0 Å². The van der Waals surface area contributed by atoms with Crippen LogP contribution in [0.2, 0.25) is 0 Å². The second-order valence-electron chi connectivity index (χ2n) is 5.35. The van der Waals surface area contributed by atoms with Crippen LogP contribution in [0.25, 0.3) is 5.57 Å². The van der Waals surface area contributed by atoms with E-state index >= 15 is 0 Å². The first-order chi connectivity index (χ1) is 8.81. The van der Waals surface area contributed by atoms with E-state index in [0.717, 1.165) is 5.69 Å². The number of allylic oxidation sites excluding steroid dienone is 2. The lowest BCUT2D eigenvalue weighted by Gasteiger charge is -2.03. The molecule has 2 rings (SSSR count). The number of rotatable bonds is 6. The van der Waals surface area contributed by atoms with Crippen molar-refractivity contribution in [2.45, 2.75) is 58.3 Å². The monoisotopic (exact) mass is 243 g/mol. The first-order valence-electron chi connectivity index (χ1n) is 7.39. The summed E-state index contributed by atoms with van der Waals surface area (Å²) in [6.07, 6.45) is 12.9. The standard InChI is InChI=1S/C17H25N/c1-2-3-4-5-6-7-8-14-9-10-15-13-16(18)11-12-17(14)15/h8,11-13H,2-7,9-10,18H2,1H3/b14-8-. The molecule has 0 spiro atoms. The molecule has 0 atom stereocenters. The van der Waals surface area contributed by atoms with Crippen LogP contribution >= 0.6 is 0 Å². The second kappa shape index (κ2) is 6.63. The molecule has 2 N–H and O–H groups in total. The smallest absolute Gasteiger partial charge is 0.0317 e. The van der Waals surface area contributed by atoms with Crippen molar-refractivity contribution in [2.75, 3.05) is 5.73 Å². The van der Waals surface area contributed by atoms with Crippen LogP contribution in [0.1, 0.15) is 63.0 Å². The van der Waals surface area contributed by atoms with E-state index < -0.39 is 0 Å². The van der Waals surface area contributed by atoms with Crippen molar-refractivity contribution in [1.82, 2.24) is 0 Å². The van der Waals surface area contributed by atoms with Crippen LogP contribution in [0.15, 0.2) is 24.3 Å². The first kappa shape index (κ1) is 13.2. The Bertz CT molecular complexity index is 418. The lowest BCUT2D eigenvalue weighted by Crippen LogP contribution is -1.87. The van der Waals surface area contributed by atoms with E-state index in [1.54, 1.807) is 5.57 Å². The fourth-order valence-corrected chi connectivity index (χ4v) is 2.77. The average molecular weight is 243 g/mol. The molecule has 0 fully saturated rings. The zero-order valence-electron chi connectivity index (χ0n) is 11.5. The van der Waals surface area contributed by atoms with Crippen LogP contribution in [-0.2, 0) is 6.42 Å². The number of anilines is 1. The summed E-state index contributed by atoms with van der Waals surface area (Å²) in [5, 5.41) is 0. The van der Waals surface area contributed by atoms with Crippen molar-refractivity contribution >= 4 is 11.3 Å². The van der Waals surface area contributed by atoms with Crippen LogP contribution < -0.4 is 5.73 Å². The largest absolute Gasteiger partial charge is 0.399 e. The highest BCUT2D eigenvalue weighted by Gasteiger charge is 2.15. The Balaban J connectivity index is 1.85. The lowest BCUT2D eigenvalue weighted by molar-refractivity contribution is 0.637. The second-order valence-corrected chi connectivity index (χ2v) is 5.35. The quantitative estimate of drug-likeness (QED) is 0.554. The van der Waals surface area contributed by atoms with Gasteiger partial charge in [0.1, 0.15) is 0 Å². The molecule has 0 unspecified atom stereocenters. The molecule has 0 heterocycles. The van der Waals surface area contributed by atoms with E-state index in [2.05, 4.69) is 25.1 Å². The van der Waals surface area contributed by atoms with Crippen LogP contribution in [0.5, 0.6) is 0 Å². The number of nitrogen functional groups attached to an aromatic ring is 1. The van der Waals surface area contributed by atoms with Crippen LogP contribution in [0.4, 0.5) is 5.69 Å². The third-order valence-corrected chi connectivity index (χ3v) is 3.84. The summed E-state index contributed by atoms with van der Waals surface area (Å²) in [5.41, 5.74) is 11.1. The summed E-state index contributed by atoms with van der Waals surface area (Å²) in [6.45, 7) is 2.27. The van der Waals surface area contributed by atoms with Gasteiger partial charge in [-0.05, 0) is 54.5 Å². The van der Waals surface area contributed by atoms with Gasteiger partial charge in [0.15, 0.2) is 0 Å². The molecule has 1 nitrogen and oxygen atoms in total. The fourth-order valence-electron chi connectivity index (χ4n) is 2.77. The molecule has 1 aliphatic carbocycles. The van der Waals surface area contributed by atoms with Crippen molar-refractivity contribution in [1.29, 1.82) is 0 Å². The predicted octanol–water partition coefficient (Wildman–Crippen LogP) is 4.96. The highest BCUT2D eigenvalue weighted by molar-refractivity contribution is 5.74. The van der Waals surface area contributed by atoms with Gasteiger partial charge in [-0.2, -0.15) is 0 Å². The summed E-state index contributed by atoms with van der Waals surface area (Å²) in [6, 6.07) is 6.36. The van der Waals surface area contributed by atoms with E-state index in [4.69, 9.17) is 5.73 Å². The van der Waals surface area contributed by atoms with Crippen molar-refractivity contribution in [3.05, 3.63) is 35.4 Å². The third-order valence-electron chi connectivity index (χ3n) is 3.84. The Morgan fingerprint density at radius 1 is 1.11 bits per heavy atom. The maximum Gasteiger partial charge on any atom is 0.0317 e. The van der Waals surface area contributed by atoms with Crippen molar-refractivity contribution in [3.8, 4) is 0 Å². The van der Waals surface area contributed by atoms with Gasteiger partial charge in [0, 0.05) is 5.69 Å². The Kier molecular flexibility index (Phi) is 4.86. The van der Waals surface area contributed by atoms with Crippen LogP contribution in [-0.4, -0.2) is 0 Å². The Morgan fingerprint density at radius 3 is 2.78 bits per heavy atom. The molecule has 1 heteroatoms. The third kappa shape index (κ3) is 3.38. The number of unbranched alkanes of at least 4 members (excludes halogenated alkanes) is 5. The number of aryl methyl sites for hydroxylation is 1. The topological polar surface area (TPSA) is 26.0 Å². The molecule has 0 saturated heterocycles. The highest BCUT2D eigenvalue weighted by Crippen LogP contribution is 2.33. The normalized spacial score (nSPS) is 16.2. The molecular weight excluding hydrogens is 218 g/mol. The van der Waals surface area contributed by atoms with Gasteiger partial charge in [0.2, 0.25) is 0 Å². The molecule has 0 amide bonds. The average Bonchev–Trinajstić information content (AvgIpc) is 2.76. The number of hydrogen-bond donors (Lipinski definition) is 1. The van der Waals surface area contributed by atoms with Gasteiger partial charge < -0.3 is 5.73 Å². The Hall–Kier alpha value is -1.24. The lowest BCUT2D eigenvalue weighted by atomic mass is 10.0. The zero-order chi connectivity index (χ0) is 12.8. The van der Waals surface area contributed by atoms with E-state index in [-0.39, 0.29) is 0 Å². The Labute approximate surface area is 111 Å². The highest BCUT2D eigenvalue weighted by atomic mass is 14.5. The Morgan fingerprint density at radius 2 is 1.94 bits per heavy atom. The van der Waals surface area contributed by atoms with Gasteiger partial charge in [0.05, 0.1) is 0 Å². The minimum Gasteiger partial charge on any atom is -0.399 e. The maximum atomic E-state index is 5.82. The van der Waals surface area contributed by atoms with Crippen molar-refractivity contribution in [3.63, 3.8) is 0 Å². The fraction of sp³-hybridized carbons (Fsp3) is 0.529. The maximum absolute atomic E-state index is 5.82. The zero-order valence-corrected chi connectivity index (χ0v) is 11.5. The van der Waals surface area contributed by atoms with Crippen molar-refractivity contribution < 1.29 is 0 Å². The molecule has 18 heavy (non-hydrogen) atoms. The van der Waals surface area contributed by atoms with Gasteiger partial charge in [-0.15, -0.1) is 0 Å². The predicted molar refractivity (Wildman–Crippen MR) is 80.5 cm³/mol. The first-order valence-corrected chi connectivity index (χ1v) is 7.39. The number of hydrogen-bond acceptors (Lipinski definition) is 1. The molecule has 1 aliphatic rings. The van der Waals surface area contributed by atoms with Gasteiger partial charge in [-0.25, -0.2) is 0 Å². The van der Waals surface area contributed by atoms with Crippen molar-refractivity contribution in [2.24, 2.45) is 0 Å². The number of fused-ring (bicyclic) bond motifs is 1. The summed E-state index contributed by atoms with van der Waals surface area (Å²) < 4.78 is 0. The summed E-state index contributed by atoms with van der Waals surface area (Å²) >= 11 is 0. The molecule has 0 aliphatic heterocycles. The number of nitrogens with two attached hydrogens (primary N) is 1. The molecule has 0 aromatic heterocycles. The summed E-state index contributed by atoms with van der Waals surface area (Å²) in [4.78, 5) is 0. The molecule has 0 bridgehead atoms. The molecule has 98 valence electrons. The van der Waals surface area contributed by atoms with E-state index in [9.17, 15) is 0 Å². The van der Waals surface area contributed by atoms with E-state index in [0.29, 0.717) is 0 Å². The van der Waals surface area contributed by atoms with Crippen LogP contribution in [0.3, 0.4) is 0 Å². The van der Waals surface area contributed by atoms with E-state index in [1.165, 1.54) is 62.5 Å². The molecule has 0 saturated carbocycles.